The van der Waals surface area contributed by atoms with Crippen molar-refractivity contribution in [2.75, 3.05) is 13.1 Å². The number of carboxylic acid groups (broad SMARTS) is 1. The average Bonchev–Trinajstić information content (AvgIpc) is 2.76. The minimum Gasteiger partial charge on any atom is -0.481 e. The number of fused-ring (bicyclic) bond motifs is 1. The Labute approximate surface area is 183 Å². The molecule has 4 rings (SSSR count). The lowest BCUT2D eigenvalue weighted by molar-refractivity contribution is -0.136. The van der Waals surface area contributed by atoms with Crippen molar-refractivity contribution < 1.29 is 27.9 Å². The molecule has 3 aromatic carbocycles. The second kappa shape index (κ2) is 8.65. The molecule has 0 aliphatic carbocycles. The van der Waals surface area contributed by atoms with Gasteiger partial charge < -0.3 is 10.0 Å². The van der Waals surface area contributed by atoms with Gasteiger partial charge in [-0.15, -0.1) is 0 Å². The molecule has 1 amide bonds. The number of benzene rings is 3. The Kier molecular flexibility index (Phi) is 5.91. The van der Waals surface area contributed by atoms with Crippen LogP contribution in [0.3, 0.4) is 0 Å². The van der Waals surface area contributed by atoms with Gasteiger partial charge in [-0.3, -0.25) is 9.59 Å². The van der Waals surface area contributed by atoms with Gasteiger partial charge in [0, 0.05) is 13.1 Å². The number of rotatable bonds is 4. The van der Waals surface area contributed by atoms with Crippen molar-refractivity contribution in [1.29, 1.82) is 0 Å². The van der Waals surface area contributed by atoms with E-state index >= 15 is 0 Å². The number of halogens is 3. The van der Waals surface area contributed by atoms with Gasteiger partial charge in [0.05, 0.1) is 12.0 Å². The van der Waals surface area contributed by atoms with Crippen molar-refractivity contribution in [1.82, 2.24) is 4.90 Å². The van der Waals surface area contributed by atoms with Gasteiger partial charge in [-0.25, -0.2) is 13.2 Å². The third-order valence-corrected chi connectivity index (χ3v) is 6.21. The fourth-order valence-corrected chi connectivity index (χ4v) is 4.63. The van der Waals surface area contributed by atoms with Gasteiger partial charge >= 0.3 is 5.97 Å². The van der Waals surface area contributed by atoms with Gasteiger partial charge in [0.25, 0.3) is 5.91 Å². The van der Waals surface area contributed by atoms with E-state index in [0.717, 1.165) is 40.1 Å². The van der Waals surface area contributed by atoms with Gasteiger partial charge in [0.15, 0.2) is 0 Å². The predicted octanol–water partition coefficient (Wildman–Crippen LogP) is 5.21. The van der Waals surface area contributed by atoms with Crippen molar-refractivity contribution in [2.45, 2.75) is 32.1 Å². The van der Waals surface area contributed by atoms with Crippen LogP contribution in [0.15, 0.2) is 42.5 Å². The number of carbonyl (C=O) groups excluding carboxylic acids is 1. The molecule has 7 heteroatoms. The highest BCUT2D eigenvalue weighted by Crippen LogP contribution is 2.38. The van der Waals surface area contributed by atoms with E-state index in [0.29, 0.717) is 31.5 Å². The molecule has 0 aromatic heterocycles. The lowest BCUT2D eigenvalue weighted by atomic mass is 9.81. The Hall–Kier alpha value is -3.35. The summed E-state index contributed by atoms with van der Waals surface area (Å²) in [5.41, 5.74) is 2.08. The monoisotopic (exact) mass is 441 g/mol. The molecule has 0 saturated carbocycles. The Morgan fingerprint density at radius 3 is 2.34 bits per heavy atom. The van der Waals surface area contributed by atoms with E-state index < -0.39 is 23.5 Å². The highest BCUT2D eigenvalue weighted by molar-refractivity contribution is 5.94. The molecule has 1 fully saturated rings. The highest BCUT2D eigenvalue weighted by atomic mass is 19.1. The summed E-state index contributed by atoms with van der Waals surface area (Å²) in [5.74, 6) is -3.35. The van der Waals surface area contributed by atoms with E-state index in [2.05, 4.69) is 0 Å². The highest BCUT2D eigenvalue weighted by Gasteiger charge is 2.29. The van der Waals surface area contributed by atoms with Crippen molar-refractivity contribution in [3.05, 3.63) is 82.2 Å². The van der Waals surface area contributed by atoms with Gasteiger partial charge in [-0.1, -0.05) is 12.1 Å². The van der Waals surface area contributed by atoms with Crippen LogP contribution in [0.2, 0.25) is 0 Å². The van der Waals surface area contributed by atoms with Crippen LogP contribution in [0.5, 0.6) is 0 Å². The Bertz CT molecular complexity index is 1220. The van der Waals surface area contributed by atoms with E-state index in [1.165, 1.54) is 17.0 Å². The van der Waals surface area contributed by atoms with Gasteiger partial charge in [0.2, 0.25) is 0 Å². The van der Waals surface area contributed by atoms with E-state index in [1.807, 2.05) is 6.92 Å². The molecule has 32 heavy (non-hydrogen) atoms. The maximum atomic E-state index is 14.0. The summed E-state index contributed by atoms with van der Waals surface area (Å²) in [5, 5.41) is 10.8. The predicted molar refractivity (Wildman–Crippen MR) is 114 cm³/mol. The zero-order valence-electron chi connectivity index (χ0n) is 17.5. The molecule has 0 spiro atoms. The van der Waals surface area contributed by atoms with Gasteiger partial charge in [-0.2, -0.15) is 0 Å². The average molecular weight is 441 g/mol. The minimum absolute atomic E-state index is 0.0190. The molecule has 1 saturated heterocycles. The topological polar surface area (TPSA) is 57.6 Å². The number of aliphatic carboxylic acids is 1. The van der Waals surface area contributed by atoms with E-state index in [-0.39, 0.29) is 23.7 Å². The fraction of sp³-hybridized carbons (Fsp3) is 0.280. The lowest BCUT2D eigenvalue weighted by Crippen LogP contribution is -2.38. The first-order chi connectivity index (χ1) is 15.2. The molecule has 1 aliphatic heterocycles. The minimum atomic E-state index is -0.946. The lowest BCUT2D eigenvalue weighted by Gasteiger charge is -2.34. The van der Waals surface area contributed by atoms with Gasteiger partial charge in [-0.05, 0) is 83.5 Å². The fourth-order valence-electron chi connectivity index (χ4n) is 4.63. The summed E-state index contributed by atoms with van der Waals surface area (Å²) in [6.45, 7) is 2.51. The van der Waals surface area contributed by atoms with Crippen LogP contribution >= 0.6 is 0 Å². The maximum Gasteiger partial charge on any atom is 0.307 e. The van der Waals surface area contributed by atoms with Crippen LogP contribution in [0.1, 0.15) is 45.8 Å². The van der Waals surface area contributed by atoms with Crippen LogP contribution in [0.25, 0.3) is 10.8 Å². The van der Waals surface area contributed by atoms with Crippen LogP contribution in [-0.2, 0) is 11.2 Å². The van der Waals surface area contributed by atoms with Crippen molar-refractivity contribution in [3.63, 3.8) is 0 Å². The Morgan fingerprint density at radius 2 is 1.66 bits per heavy atom. The number of piperidine rings is 1. The van der Waals surface area contributed by atoms with Crippen molar-refractivity contribution in [2.24, 2.45) is 0 Å². The molecule has 1 heterocycles. The summed E-state index contributed by atoms with van der Waals surface area (Å²) in [6.07, 6.45) is 0.958. The summed E-state index contributed by atoms with van der Waals surface area (Å²) >= 11 is 0. The number of amides is 1. The summed E-state index contributed by atoms with van der Waals surface area (Å²) in [7, 11) is 0. The molecule has 1 aliphatic rings. The molecule has 0 bridgehead atoms. The summed E-state index contributed by atoms with van der Waals surface area (Å²) in [6, 6.07) is 9.04. The third kappa shape index (κ3) is 4.20. The third-order valence-electron chi connectivity index (χ3n) is 6.21. The first-order valence-corrected chi connectivity index (χ1v) is 10.4. The van der Waals surface area contributed by atoms with Crippen molar-refractivity contribution in [3.8, 4) is 0 Å². The van der Waals surface area contributed by atoms with E-state index in [1.54, 1.807) is 12.1 Å². The number of hydrogen-bond acceptors (Lipinski definition) is 2. The molecule has 4 nitrogen and oxygen atoms in total. The number of nitrogens with zero attached hydrogens (tertiary/aromatic N) is 1. The molecule has 1 N–H and O–H groups in total. The number of carbonyl (C=O) groups is 2. The van der Waals surface area contributed by atoms with Crippen LogP contribution in [0.4, 0.5) is 13.2 Å². The molecular formula is C25H22F3NO3. The molecule has 0 atom stereocenters. The Morgan fingerprint density at radius 1 is 1.00 bits per heavy atom. The second-order valence-corrected chi connectivity index (χ2v) is 8.20. The molecular weight excluding hydrogens is 419 g/mol. The second-order valence-electron chi connectivity index (χ2n) is 8.20. The van der Waals surface area contributed by atoms with Gasteiger partial charge in [0.1, 0.15) is 17.5 Å². The van der Waals surface area contributed by atoms with Crippen LogP contribution in [-0.4, -0.2) is 35.0 Å². The SMILES string of the molecule is Cc1c(CC(=O)O)cc2ccc(F)cc2c1C1CCN(C(=O)c2cc(F)ccc2F)CC1. The van der Waals surface area contributed by atoms with Crippen LogP contribution in [0, 0.1) is 24.4 Å². The molecule has 0 unspecified atom stereocenters. The van der Waals surface area contributed by atoms with Crippen LogP contribution < -0.4 is 0 Å². The summed E-state index contributed by atoms with van der Waals surface area (Å²) in [4.78, 5) is 25.6. The Balaban J connectivity index is 1.64. The quantitative estimate of drug-likeness (QED) is 0.605. The number of carboxylic acids is 1. The first-order valence-electron chi connectivity index (χ1n) is 10.4. The van der Waals surface area contributed by atoms with E-state index in [9.17, 15) is 27.9 Å². The number of likely N-dealkylation sites (tertiary alicyclic amines) is 1. The summed E-state index contributed by atoms with van der Waals surface area (Å²) < 4.78 is 41.6. The normalized spacial score (nSPS) is 14.7. The zero-order chi connectivity index (χ0) is 23.0. The largest absolute Gasteiger partial charge is 0.481 e. The van der Waals surface area contributed by atoms with E-state index in [4.69, 9.17) is 0 Å². The van der Waals surface area contributed by atoms with Crippen molar-refractivity contribution >= 4 is 22.6 Å². The standard InChI is InChI=1S/C25H22F3NO3/c1-14-17(11-23(30)31)10-16-2-3-18(26)12-20(16)24(14)15-6-8-29(9-7-15)25(32)21-13-19(27)4-5-22(21)28/h2-5,10,12-13,15H,6-9,11H2,1H3,(H,30,31). The number of hydrogen-bond donors (Lipinski definition) is 1. The molecule has 0 radical (unpaired) electrons. The first kappa shape index (κ1) is 21.9. The molecule has 3 aromatic rings. The maximum absolute atomic E-state index is 14.0. The zero-order valence-corrected chi connectivity index (χ0v) is 17.5. The molecule has 166 valence electrons. The smallest absolute Gasteiger partial charge is 0.307 e.